The van der Waals surface area contributed by atoms with Crippen molar-refractivity contribution in [2.45, 2.75) is 63.4 Å². The van der Waals surface area contributed by atoms with Crippen LogP contribution in [0.4, 0.5) is 13.2 Å². The van der Waals surface area contributed by atoms with E-state index in [-0.39, 0.29) is 31.6 Å². The number of hydrogen-bond acceptors (Lipinski definition) is 4. The summed E-state index contributed by atoms with van der Waals surface area (Å²) in [6.07, 6.45) is 5.56. The van der Waals surface area contributed by atoms with E-state index in [0.717, 1.165) is 84.5 Å². The number of nitrogens with zero attached hydrogens (tertiary/aromatic N) is 1. The Morgan fingerprint density at radius 1 is 1.13 bits per heavy atom. The first-order valence-electron chi connectivity index (χ1n) is 13.9. The topological polar surface area (TPSA) is 38.8 Å². The number of hydrogen-bond donors (Lipinski definition) is 0. The van der Waals surface area contributed by atoms with Gasteiger partial charge in [0.15, 0.2) is 0 Å². The van der Waals surface area contributed by atoms with E-state index in [2.05, 4.69) is 4.90 Å². The van der Waals surface area contributed by atoms with Crippen LogP contribution in [0.1, 0.15) is 72.0 Å². The largest absolute Gasteiger partial charge is 0.489 e. The standard InChI is InChI=1S/C32H36F3NO3/c1-38-31(37)25-9-10-29-23(19-25)5-3-8-28(22-11-14-32(34,35)15-12-22)30(29)24-6-2-7-26(20-24)39-27-13-18-36(21-27)17-4-16-33/h2,6-7,9-11,19-20,27H,3-5,8,12-18,21H2,1H3/t27-/m1/s1. The van der Waals surface area contributed by atoms with Crippen LogP contribution in [0, 0.1) is 0 Å². The van der Waals surface area contributed by atoms with Gasteiger partial charge in [0.05, 0.1) is 19.3 Å². The number of carbonyl (C=O) groups is 1. The molecule has 1 atom stereocenters. The third kappa shape index (κ3) is 6.40. The number of allylic oxidation sites excluding steroid dienone is 3. The lowest BCUT2D eigenvalue weighted by atomic mass is 9.83. The molecule has 208 valence electrons. The molecule has 1 saturated heterocycles. The third-order valence-electron chi connectivity index (χ3n) is 8.03. The van der Waals surface area contributed by atoms with Gasteiger partial charge < -0.3 is 9.47 Å². The Balaban J connectivity index is 1.52. The maximum absolute atomic E-state index is 14.0. The van der Waals surface area contributed by atoms with Crippen LogP contribution in [0.5, 0.6) is 5.75 Å². The van der Waals surface area contributed by atoms with Crippen molar-refractivity contribution in [2.75, 3.05) is 33.4 Å². The van der Waals surface area contributed by atoms with E-state index in [9.17, 15) is 18.0 Å². The lowest BCUT2D eigenvalue weighted by Gasteiger charge is -2.25. The SMILES string of the molecule is COC(=O)c1ccc2c(c1)CCCC(C1=CCC(F)(F)CC1)=C2c1cccc(O[C@@H]2CCN(CCCF)C2)c1. The summed E-state index contributed by atoms with van der Waals surface area (Å²) in [6, 6.07) is 13.7. The number of methoxy groups -OCH3 is 1. The van der Waals surface area contributed by atoms with Crippen molar-refractivity contribution in [3.63, 3.8) is 0 Å². The molecule has 4 nitrogen and oxygen atoms in total. The van der Waals surface area contributed by atoms with E-state index >= 15 is 0 Å². The fourth-order valence-corrected chi connectivity index (χ4v) is 6.05. The molecule has 0 N–H and O–H groups in total. The van der Waals surface area contributed by atoms with Crippen molar-refractivity contribution in [3.8, 4) is 5.75 Å². The summed E-state index contributed by atoms with van der Waals surface area (Å²) < 4.78 is 52.0. The number of likely N-dealkylation sites (tertiary alicyclic amines) is 1. The van der Waals surface area contributed by atoms with Crippen LogP contribution >= 0.6 is 0 Å². The molecule has 0 bridgehead atoms. The van der Waals surface area contributed by atoms with Gasteiger partial charge in [-0.15, -0.1) is 0 Å². The maximum atomic E-state index is 14.0. The number of benzene rings is 2. The minimum absolute atomic E-state index is 0.0422. The first-order chi connectivity index (χ1) is 18.9. The predicted molar refractivity (Wildman–Crippen MR) is 146 cm³/mol. The number of alkyl halides is 3. The molecule has 0 saturated carbocycles. The van der Waals surface area contributed by atoms with E-state index in [1.807, 2.05) is 36.4 Å². The van der Waals surface area contributed by atoms with E-state index in [0.29, 0.717) is 18.4 Å². The quantitative estimate of drug-likeness (QED) is 0.334. The summed E-state index contributed by atoms with van der Waals surface area (Å²) in [4.78, 5) is 14.5. The Morgan fingerprint density at radius 3 is 2.77 bits per heavy atom. The van der Waals surface area contributed by atoms with Crippen LogP contribution in [0.2, 0.25) is 0 Å². The zero-order valence-electron chi connectivity index (χ0n) is 22.5. The van der Waals surface area contributed by atoms with Gasteiger partial charge in [0.25, 0.3) is 5.92 Å². The van der Waals surface area contributed by atoms with Crippen molar-refractivity contribution < 1.29 is 27.4 Å². The van der Waals surface area contributed by atoms with Gasteiger partial charge in [-0.2, -0.15) is 0 Å². The van der Waals surface area contributed by atoms with E-state index in [1.165, 1.54) is 7.11 Å². The number of carbonyl (C=O) groups excluding carboxylic acids is 1. The first-order valence-corrected chi connectivity index (χ1v) is 13.9. The smallest absolute Gasteiger partial charge is 0.337 e. The molecule has 39 heavy (non-hydrogen) atoms. The third-order valence-corrected chi connectivity index (χ3v) is 8.03. The predicted octanol–water partition coefficient (Wildman–Crippen LogP) is 7.17. The van der Waals surface area contributed by atoms with Crippen LogP contribution < -0.4 is 4.74 Å². The summed E-state index contributed by atoms with van der Waals surface area (Å²) in [5.41, 5.74) is 6.67. The molecule has 0 amide bonds. The van der Waals surface area contributed by atoms with Crippen molar-refractivity contribution in [2.24, 2.45) is 0 Å². The van der Waals surface area contributed by atoms with Crippen LogP contribution in [0.15, 0.2) is 59.7 Å². The number of rotatable bonds is 8. The summed E-state index contributed by atoms with van der Waals surface area (Å²) in [6.45, 7) is 2.11. The van der Waals surface area contributed by atoms with Gasteiger partial charge in [0, 0.05) is 32.5 Å². The zero-order valence-corrected chi connectivity index (χ0v) is 22.5. The molecule has 0 spiro atoms. The summed E-state index contributed by atoms with van der Waals surface area (Å²) >= 11 is 0. The van der Waals surface area contributed by atoms with Crippen LogP contribution in [-0.2, 0) is 11.2 Å². The Morgan fingerprint density at radius 2 is 2.00 bits per heavy atom. The molecule has 2 aromatic rings. The van der Waals surface area contributed by atoms with E-state index in [4.69, 9.17) is 9.47 Å². The minimum Gasteiger partial charge on any atom is -0.489 e. The fraction of sp³-hybridized carbons (Fsp3) is 0.469. The fourth-order valence-electron chi connectivity index (χ4n) is 6.05. The molecule has 0 radical (unpaired) electrons. The lowest BCUT2D eigenvalue weighted by Crippen LogP contribution is -2.26. The summed E-state index contributed by atoms with van der Waals surface area (Å²) in [7, 11) is 1.37. The molecule has 1 fully saturated rings. The molecule has 2 aromatic carbocycles. The van der Waals surface area contributed by atoms with Gasteiger partial charge in [0.1, 0.15) is 11.9 Å². The monoisotopic (exact) mass is 539 g/mol. The molecule has 0 aromatic heterocycles. The molecular weight excluding hydrogens is 503 g/mol. The van der Waals surface area contributed by atoms with Gasteiger partial charge in [0.2, 0.25) is 0 Å². The number of halogens is 3. The summed E-state index contributed by atoms with van der Waals surface area (Å²) in [5.74, 6) is -2.27. The molecule has 1 heterocycles. The molecule has 7 heteroatoms. The molecule has 1 aliphatic heterocycles. The van der Waals surface area contributed by atoms with Crippen molar-refractivity contribution in [1.29, 1.82) is 0 Å². The number of aryl methyl sites for hydroxylation is 1. The molecule has 3 aliphatic rings. The summed E-state index contributed by atoms with van der Waals surface area (Å²) in [5, 5.41) is 0. The van der Waals surface area contributed by atoms with Crippen molar-refractivity contribution in [1.82, 2.24) is 4.90 Å². The Labute approximate surface area is 228 Å². The second-order valence-electron chi connectivity index (χ2n) is 10.8. The van der Waals surface area contributed by atoms with Gasteiger partial charge in [-0.05, 0) is 96.2 Å². The Kier molecular flexibility index (Phi) is 8.46. The van der Waals surface area contributed by atoms with E-state index in [1.54, 1.807) is 12.1 Å². The molecule has 5 rings (SSSR count). The molecule has 0 unspecified atom stereocenters. The normalized spacial score (nSPS) is 21.2. The van der Waals surface area contributed by atoms with Crippen molar-refractivity contribution >= 4 is 11.5 Å². The van der Waals surface area contributed by atoms with Gasteiger partial charge >= 0.3 is 5.97 Å². The zero-order chi connectivity index (χ0) is 27.4. The number of ether oxygens (including phenoxy) is 2. The second kappa shape index (κ2) is 12.0. The maximum Gasteiger partial charge on any atom is 0.337 e. The minimum atomic E-state index is -2.66. The average Bonchev–Trinajstić information content (AvgIpc) is 3.29. The van der Waals surface area contributed by atoms with Crippen LogP contribution in [0.25, 0.3) is 5.57 Å². The highest BCUT2D eigenvalue weighted by Crippen LogP contribution is 2.43. The number of esters is 1. The molecule has 2 aliphatic carbocycles. The van der Waals surface area contributed by atoms with Gasteiger partial charge in [-0.3, -0.25) is 9.29 Å². The highest BCUT2D eigenvalue weighted by atomic mass is 19.3. The number of fused-ring (bicyclic) bond motifs is 1. The lowest BCUT2D eigenvalue weighted by molar-refractivity contribution is -0.00838. The Hall–Kier alpha value is -3.06. The Bertz CT molecular complexity index is 1270. The molecular formula is C32H36F3NO3. The average molecular weight is 540 g/mol. The van der Waals surface area contributed by atoms with Crippen LogP contribution in [0.3, 0.4) is 0 Å². The highest BCUT2D eigenvalue weighted by molar-refractivity contribution is 5.92. The first kappa shape index (κ1) is 27.5. The highest BCUT2D eigenvalue weighted by Gasteiger charge is 2.33. The van der Waals surface area contributed by atoms with Crippen LogP contribution in [-0.4, -0.2) is 56.3 Å². The second-order valence-corrected chi connectivity index (χ2v) is 10.8. The van der Waals surface area contributed by atoms with Gasteiger partial charge in [-0.1, -0.05) is 24.3 Å². The van der Waals surface area contributed by atoms with Gasteiger partial charge in [-0.25, -0.2) is 13.6 Å². The van der Waals surface area contributed by atoms with Crippen molar-refractivity contribution in [3.05, 3.63) is 81.9 Å². The van der Waals surface area contributed by atoms with E-state index < -0.39 is 5.92 Å².